The van der Waals surface area contributed by atoms with Crippen LogP contribution in [-0.4, -0.2) is 58.4 Å². The lowest BCUT2D eigenvalue weighted by Crippen LogP contribution is -2.51. The van der Waals surface area contributed by atoms with Gasteiger partial charge in [0.2, 0.25) is 0 Å². The molecule has 0 saturated heterocycles. The predicted octanol–water partition coefficient (Wildman–Crippen LogP) is 5.38. The highest BCUT2D eigenvalue weighted by Crippen LogP contribution is 2.44. The van der Waals surface area contributed by atoms with Gasteiger partial charge in [-0.1, -0.05) is 48.5 Å². The molecule has 0 bridgehead atoms. The number of amides is 2. The minimum atomic E-state index is -1.39. The van der Waals surface area contributed by atoms with Gasteiger partial charge in [-0.2, -0.15) is 16.7 Å². The molecule has 176 valence electrons. The van der Waals surface area contributed by atoms with Crippen LogP contribution in [0.3, 0.4) is 0 Å². The van der Waals surface area contributed by atoms with Gasteiger partial charge in [-0.15, -0.1) is 0 Å². The van der Waals surface area contributed by atoms with Crippen molar-refractivity contribution in [3.05, 3.63) is 59.7 Å². The number of imide groups is 1. The fourth-order valence-corrected chi connectivity index (χ4v) is 4.36. The molecule has 0 heterocycles. The number of fused-ring (bicyclic) bond motifs is 3. The number of carboxylic acid groups (broad SMARTS) is 1. The number of aliphatic carboxylic acids is 1. The second kappa shape index (κ2) is 10.3. The van der Waals surface area contributed by atoms with E-state index >= 15 is 0 Å². The molecule has 0 aliphatic heterocycles. The number of carbonyl (C=O) groups is 3. The summed E-state index contributed by atoms with van der Waals surface area (Å²) in [5.74, 6) is -1.05. The van der Waals surface area contributed by atoms with Gasteiger partial charge in [0.1, 0.15) is 18.2 Å². The molecule has 7 nitrogen and oxygen atoms in total. The molecule has 2 aromatic carbocycles. The highest BCUT2D eigenvalue weighted by atomic mass is 32.2. The molecule has 0 radical (unpaired) electrons. The first-order valence-electron chi connectivity index (χ1n) is 10.7. The quantitative estimate of drug-likeness (QED) is 0.579. The van der Waals surface area contributed by atoms with Gasteiger partial charge in [-0.25, -0.2) is 14.4 Å². The van der Waals surface area contributed by atoms with Gasteiger partial charge in [0.25, 0.3) is 0 Å². The number of nitrogens with zero attached hydrogens (tertiary/aromatic N) is 1. The van der Waals surface area contributed by atoms with Crippen molar-refractivity contribution in [1.82, 2.24) is 4.90 Å². The number of hydrogen-bond donors (Lipinski definition) is 1. The first-order valence-corrected chi connectivity index (χ1v) is 12.1. The van der Waals surface area contributed by atoms with Crippen LogP contribution in [0.1, 0.15) is 44.2 Å². The lowest BCUT2D eigenvalue weighted by Gasteiger charge is -2.29. The molecule has 0 saturated carbocycles. The highest BCUT2D eigenvalue weighted by Gasteiger charge is 2.39. The third-order valence-electron chi connectivity index (χ3n) is 5.32. The van der Waals surface area contributed by atoms with Crippen LogP contribution >= 0.6 is 11.8 Å². The zero-order chi connectivity index (χ0) is 24.2. The lowest BCUT2D eigenvalue weighted by molar-refractivity contribution is -0.142. The van der Waals surface area contributed by atoms with E-state index in [2.05, 4.69) is 0 Å². The molecule has 1 aliphatic carbocycles. The van der Waals surface area contributed by atoms with Crippen LogP contribution in [0.4, 0.5) is 9.59 Å². The van der Waals surface area contributed by atoms with Crippen molar-refractivity contribution in [2.75, 3.05) is 18.6 Å². The van der Waals surface area contributed by atoms with Crippen molar-refractivity contribution in [3.63, 3.8) is 0 Å². The molecule has 33 heavy (non-hydrogen) atoms. The lowest BCUT2D eigenvalue weighted by atomic mass is 9.98. The molecular formula is C25H29NO6S. The summed E-state index contributed by atoms with van der Waals surface area (Å²) < 4.78 is 10.9. The van der Waals surface area contributed by atoms with Crippen molar-refractivity contribution >= 4 is 29.9 Å². The summed E-state index contributed by atoms with van der Waals surface area (Å²) in [6, 6.07) is 14.4. The normalized spacial score (nSPS) is 13.6. The summed E-state index contributed by atoms with van der Waals surface area (Å²) in [5, 5.41) is 9.74. The molecule has 2 aromatic rings. The topological polar surface area (TPSA) is 93.1 Å². The van der Waals surface area contributed by atoms with Crippen LogP contribution in [0.2, 0.25) is 0 Å². The van der Waals surface area contributed by atoms with Gasteiger partial charge in [0, 0.05) is 5.92 Å². The largest absolute Gasteiger partial charge is 0.480 e. The van der Waals surface area contributed by atoms with Gasteiger partial charge in [0.05, 0.1) is 0 Å². The average molecular weight is 472 g/mol. The molecule has 0 aromatic heterocycles. The summed E-state index contributed by atoms with van der Waals surface area (Å²) in [4.78, 5) is 38.5. The predicted molar refractivity (Wildman–Crippen MR) is 128 cm³/mol. The van der Waals surface area contributed by atoms with Gasteiger partial charge in [0.15, 0.2) is 0 Å². The van der Waals surface area contributed by atoms with Gasteiger partial charge < -0.3 is 14.6 Å². The molecule has 8 heteroatoms. The molecule has 1 aliphatic rings. The van der Waals surface area contributed by atoms with Crippen molar-refractivity contribution in [2.24, 2.45) is 0 Å². The van der Waals surface area contributed by atoms with Gasteiger partial charge >= 0.3 is 18.2 Å². The Bertz CT molecular complexity index is 986. The maximum Gasteiger partial charge on any atom is 0.420 e. The Kier molecular flexibility index (Phi) is 7.68. The zero-order valence-corrected chi connectivity index (χ0v) is 20.1. The molecule has 3 rings (SSSR count). The molecule has 0 fully saturated rings. The Balaban J connectivity index is 1.85. The van der Waals surface area contributed by atoms with E-state index in [0.29, 0.717) is 10.7 Å². The number of carboxylic acids is 1. The average Bonchev–Trinajstić information content (AvgIpc) is 3.07. The highest BCUT2D eigenvalue weighted by molar-refractivity contribution is 7.98. The van der Waals surface area contributed by atoms with Crippen molar-refractivity contribution in [3.8, 4) is 11.1 Å². The minimum Gasteiger partial charge on any atom is -0.480 e. The van der Waals surface area contributed by atoms with E-state index in [1.54, 1.807) is 20.8 Å². The summed E-state index contributed by atoms with van der Waals surface area (Å²) in [6.07, 6.45) is -0.155. The van der Waals surface area contributed by atoms with E-state index in [9.17, 15) is 19.5 Å². The van der Waals surface area contributed by atoms with Gasteiger partial charge in [-0.3, -0.25) is 0 Å². The second-order valence-electron chi connectivity index (χ2n) is 8.79. The number of ether oxygens (including phenoxy) is 2. The maximum atomic E-state index is 13.1. The van der Waals surface area contributed by atoms with Crippen molar-refractivity contribution in [1.29, 1.82) is 0 Å². The van der Waals surface area contributed by atoms with Crippen LogP contribution in [0, 0.1) is 0 Å². The van der Waals surface area contributed by atoms with E-state index in [4.69, 9.17) is 9.47 Å². The standard InChI is InChI=1S/C25H29NO6S/c1-25(2,3)32-24(30)26(21(22(27)28)13-14-33-4)23(29)31-15-20-18-11-7-5-9-16(18)17-10-6-8-12-19(17)20/h5-12,20-21H,13-15H2,1-4H3,(H,27,28)/t21-/m0/s1. The van der Waals surface area contributed by atoms with Crippen LogP contribution in [-0.2, 0) is 14.3 Å². The summed E-state index contributed by atoms with van der Waals surface area (Å²) in [6.45, 7) is 4.93. The van der Waals surface area contributed by atoms with Crippen molar-refractivity contribution < 1.29 is 29.0 Å². The Morgan fingerprint density at radius 2 is 1.55 bits per heavy atom. The van der Waals surface area contributed by atoms with Crippen molar-refractivity contribution in [2.45, 2.75) is 44.8 Å². The molecular weight excluding hydrogens is 442 g/mol. The summed E-state index contributed by atoms with van der Waals surface area (Å²) in [7, 11) is 0. The van der Waals surface area contributed by atoms with Crippen LogP contribution < -0.4 is 0 Å². The first-order chi connectivity index (χ1) is 15.6. The number of hydrogen-bond acceptors (Lipinski definition) is 6. The Morgan fingerprint density at radius 1 is 1.00 bits per heavy atom. The number of thioether (sulfide) groups is 1. The summed E-state index contributed by atoms with van der Waals surface area (Å²) in [5.41, 5.74) is 3.28. The maximum absolute atomic E-state index is 13.1. The Hall–Kier alpha value is -3.00. The van der Waals surface area contributed by atoms with E-state index < -0.39 is 29.8 Å². The van der Waals surface area contributed by atoms with E-state index in [1.165, 1.54) is 11.8 Å². The molecule has 1 atom stereocenters. The van der Waals surface area contributed by atoms with E-state index in [-0.39, 0.29) is 18.9 Å². The van der Waals surface area contributed by atoms with Gasteiger partial charge in [-0.05, 0) is 61.5 Å². The molecule has 1 N–H and O–H groups in total. The smallest absolute Gasteiger partial charge is 0.420 e. The fourth-order valence-electron chi connectivity index (χ4n) is 3.90. The fraction of sp³-hybridized carbons (Fsp3) is 0.400. The van der Waals surface area contributed by atoms with Crippen LogP contribution in [0.5, 0.6) is 0 Å². The SMILES string of the molecule is CSCC[C@@H](C(=O)O)N(C(=O)OCC1c2ccccc2-c2ccccc21)C(=O)OC(C)(C)C. The van der Waals surface area contributed by atoms with Crippen LogP contribution in [0.15, 0.2) is 48.5 Å². The van der Waals surface area contributed by atoms with E-state index in [1.807, 2.05) is 54.8 Å². The Morgan fingerprint density at radius 3 is 2.03 bits per heavy atom. The minimum absolute atomic E-state index is 0.0268. The second-order valence-corrected chi connectivity index (χ2v) is 9.78. The monoisotopic (exact) mass is 471 g/mol. The number of benzene rings is 2. The number of carbonyl (C=O) groups excluding carboxylic acids is 2. The third kappa shape index (κ3) is 5.68. The zero-order valence-electron chi connectivity index (χ0n) is 19.2. The molecule has 0 unspecified atom stereocenters. The summed E-state index contributed by atoms with van der Waals surface area (Å²) >= 11 is 1.43. The first kappa shape index (κ1) is 24.6. The molecule has 2 amide bonds. The van der Waals surface area contributed by atoms with Crippen LogP contribution in [0.25, 0.3) is 11.1 Å². The molecule has 0 spiro atoms. The Labute approximate surface area is 198 Å². The third-order valence-corrected chi connectivity index (χ3v) is 5.96. The number of rotatable bonds is 7. The van der Waals surface area contributed by atoms with E-state index in [0.717, 1.165) is 22.3 Å².